The van der Waals surface area contributed by atoms with Gasteiger partial charge >= 0.3 is 5.97 Å². The van der Waals surface area contributed by atoms with E-state index < -0.39 is 11.6 Å². The lowest BCUT2D eigenvalue weighted by Gasteiger charge is -2.33. The average Bonchev–Trinajstić information content (AvgIpc) is 3.27. The van der Waals surface area contributed by atoms with Crippen LogP contribution in [-0.2, 0) is 39.5 Å². The summed E-state index contributed by atoms with van der Waals surface area (Å²) in [5, 5.41) is 15.0. The minimum absolute atomic E-state index is 0.0403. The number of aromatic nitrogens is 2. The summed E-state index contributed by atoms with van der Waals surface area (Å²) in [6, 6.07) is 2.70. The number of carbonyl (C=O) groups is 2. The van der Waals surface area contributed by atoms with Crippen LogP contribution in [0.5, 0.6) is 0 Å². The van der Waals surface area contributed by atoms with Crippen molar-refractivity contribution in [1.82, 2.24) is 14.9 Å². The Labute approximate surface area is 218 Å². The van der Waals surface area contributed by atoms with Crippen molar-refractivity contribution in [3.63, 3.8) is 0 Å². The number of aryl methyl sites for hydroxylation is 1. The quantitative estimate of drug-likeness (QED) is 0.318. The first kappa shape index (κ1) is 24.5. The van der Waals surface area contributed by atoms with E-state index in [9.17, 15) is 19.5 Å². The number of carbonyl (C=O) groups excluding carboxylic acids is 2. The first-order valence-corrected chi connectivity index (χ1v) is 12.8. The molecule has 0 fully saturated rings. The van der Waals surface area contributed by atoms with Gasteiger partial charge in [0.05, 0.1) is 35.1 Å². The molecule has 3 aromatic rings. The summed E-state index contributed by atoms with van der Waals surface area (Å²) in [4.78, 5) is 43.1. The summed E-state index contributed by atoms with van der Waals surface area (Å²) in [5.41, 5.74) is 2.81. The van der Waals surface area contributed by atoms with Gasteiger partial charge in [-0.3, -0.25) is 9.59 Å². The first-order chi connectivity index (χ1) is 18.1. The molecule has 2 N–H and O–H groups in total. The van der Waals surface area contributed by atoms with Crippen molar-refractivity contribution >= 4 is 22.8 Å². The van der Waals surface area contributed by atoms with Gasteiger partial charge in [0.1, 0.15) is 12.4 Å². The number of benzene rings is 1. The molecule has 1 aromatic carbocycles. The SMILES string of the molecule is C=C[C@@H](NC(C)=O)[C@H]1CCc2c(C)c(F)cc3nc4c(c1c23)Cn1c-4cc2c(c1=O)COC(=O)[C@]2(O)CC. The predicted octanol–water partition coefficient (Wildman–Crippen LogP) is 3.25. The molecule has 4 heterocycles. The Balaban J connectivity index is 1.67. The molecule has 0 unspecified atom stereocenters. The molecule has 8 nitrogen and oxygen atoms in total. The topological polar surface area (TPSA) is 111 Å². The summed E-state index contributed by atoms with van der Waals surface area (Å²) < 4.78 is 21.8. The van der Waals surface area contributed by atoms with Crippen LogP contribution < -0.4 is 10.9 Å². The van der Waals surface area contributed by atoms with E-state index in [1.54, 1.807) is 30.6 Å². The summed E-state index contributed by atoms with van der Waals surface area (Å²) in [6.45, 7) is 8.83. The summed E-state index contributed by atoms with van der Waals surface area (Å²) in [6.07, 6.45) is 3.02. The lowest BCUT2D eigenvalue weighted by Crippen LogP contribution is -2.44. The van der Waals surface area contributed by atoms with E-state index in [-0.39, 0.29) is 59.9 Å². The summed E-state index contributed by atoms with van der Waals surface area (Å²) in [7, 11) is 0. The highest BCUT2D eigenvalue weighted by Crippen LogP contribution is 2.47. The van der Waals surface area contributed by atoms with Gasteiger partial charge in [0.2, 0.25) is 5.91 Å². The molecule has 0 saturated carbocycles. The van der Waals surface area contributed by atoms with Crippen molar-refractivity contribution < 1.29 is 23.8 Å². The highest BCUT2D eigenvalue weighted by atomic mass is 19.1. The lowest BCUT2D eigenvalue weighted by molar-refractivity contribution is -0.172. The number of nitrogens with zero attached hydrogens (tertiary/aromatic N) is 2. The number of amides is 1. The Bertz CT molecular complexity index is 1660. The average molecular weight is 518 g/mol. The van der Waals surface area contributed by atoms with E-state index in [1.165, 1.54) is 13.0 Å². The summed E-state index contributed by atoms with van der Waals surface area (Å²) in [5.74, 6) is -1.49. The fourth-order valence-electron chi connectivity index (χ4n) is 6.51. The van der Waals surface area contributed by atoms with E-state index in [2.05, 4.69) is 11.9 Å². The number of nitrogens with one attached hydrogen (secondary N) is 1. The molecule has 3 aliphatic rings. The van der Waals surface area contributed by atoms with Crippen LogP contribution >= 0.6 is 0 Å². The Kier molecular flexibility index (Phi) is 5.36. The third-order valence-corrected chi connectivity index (χ3v) is 8.48. The van der Waals surface area contributed by atoms with Gasteiger partial charge in [-0.1, -0.05) is 13.0 Å². The number of aliphatic hydroxyl groups is 1. The molecule has 0 spiro atoms. The van der Waals surface area contributed by atoms with Gasteiger partial charge in [-0.05, 0) is 48.9 Å². The van der Waals surface area contributed by atoms with Crippen molar-refractivity contribution in [2.24, 2.45) is 0 Å². The molecule has 1 amide bonds. The van der Waals surface area contributed by atoms with Crippen LogP contribution in [0.15, 0.2) is 29.6 Å². The first-order valence-electron chi connectivity index (χ1n) is 12.8. The molecular formula is C29H28FN3O5. The van der Waals surface area contributed by atoms with Crippen LogP contribution in [0.3, 0.4) is 0 Å². The second-order valence-corrected chi connectivity index (χ2v) is 10.4. The molecule has 196 valence electrons. The molecule has 2 aromatic heterocycles. The number of rotatable bonds is 4. The molecule has 6 rings (SSSR count). The van der Waals surface area contributed by atoms with E-state index in [1.807, 2.05) is 0 Å². The molecule has 0 radical (unpaired) electrons. The van der Waals surface area contributed by atoms with Gasteiger partial charge in [-0.25, -0.2) is 14.2 Å². The molecule has 38 heavy (non-hydrogen) atoms. The zero-order valence-electron chi connectivity index (χ0n) is 21.5. The molecule has 0 bridgehead atoms. The number of esters is 1. The molecule has 0 saturated heterocycles. The van der Waals surface area contributed by atoms with Crippen molar-refractivity contribution in [2.45, 2.75) is 70.7 Å². The van der Waals surface area contributed by atoms with Crippen molar-refractivity contribution in [2.75, 3.05) is 0 Å². The fraction of sp³-hybridized carbons (Fsp3) is 0.379. The number of hydrogen-bond donors (Lipinski definition) is 2. The maximum Gasteiger partial charge on any atom is 0.343 e. The molecule has 2 aliphatic heterocycles. The van der Waals surface area contributed by atoms with Crippen LogP contribution in [-0.4, -0.2) is 32.6 Å². The van der Waals surface area contributed by atoms with E-state index in [0.29, 0.717) is 35.3 Å². The van der Waals surface area contributed by atoms with Crippen LogP contribution in [0, 0.1) is 12.7 Å². The number of fused-ring (bicyclic) bond motifs is 5. The molecular weight excluding hydrogens is 489 g/mol. The number of pyridine rings is 2. The van der Waals surface area contributed by atoms with Crippen molar-refractivity contribution in [3.05, 3.63) is 74.3 Å². The number of hydrogen-bond acceptors (Lipinski definition) is 6. The van der Waals surface area contributed by atoms with Crippen LogP contribution in [0.1, 0.15) is 66.0 Å². The Hall–Kier alpha value is -3.85. The van der Waals surface area contributed by atoms with Gasteiger partial charge in [0.15, 0.2) is 5.60 Å². The zero-order chi connectivity index (χ0) is 27.1. The van der Waals surface area contributed by atoms with E-state index >= 15 is 4.39 Å². The van der Waals surface area contributed by atoms with Gasteiger partial charge in [0.25, 0.3) is 5.56 Å². The minimum Gasteiger partial charge on any atom is -0.458 e. The minimum atomic E-state index is -1.94. The third-order valence-electron chi connectivity index (χ3n) is 8.48. The fourth-order valence-corrected chi connectivity index (χ4v) is 6.51. The smallest absolute Gasteiger partial charge is 0.343 e. The predicted molar refractivity (Wildman–Crippen MR) is 138 cm³/mol. The third kappa shape index (κ3) is 3.17. The number of ether oxygens (including phenoxy) is 1. The Morgan fingerprint density at radius 3 is 2.82 bits per heavy atom. The zero-order valence-corrected chi connectivity index (χ0v) is 21.5. The summed E-state index contributed by atoms with van der Waals surface area (Å²) >= 11 is 0. The Morgan fingerprint density at radius 1 is 1.37 bits per heavy atom. The molecule has 3 atom stereocenters. The van der Waals surface area contributed by atoms with Gasteiger partial charge in [-0.15, -0.1) is 6.58 Å². The normalized spacial score (nSPS) is 21.8. The van der Waals surface area contributed by atoms with Gasteiger partial charge in [-0.2, -0.15) is 0 Å². The van der Waals surface area contributed by atoms with Crippen molar-refractivity contribution in [3.8, 4) is 11.4 Å². The van der Waals surface area contributed by atoms with Gasteiger partial charge in [0, 0.05) is 35.4 Å². The van der Waals surface area contributed by atoms with Gasteiger partial charge < -0.3 is 19.7 Å². The number of halogens is 1. The largest absolute Gasteiger partial charge is 0.458 e. The maximum atomic E-state index is 15.0. The second-order valence-electron chi connectivity index (χ2n) is 10.4. The highest BCUT2D eigenvalue weighted by molar-refractivity contribution is 5.93. The molecule has 1 aliphatic carbocycles. The standard InChI is InChI=1S/C29H28FN3O5/c1-5-21(31-14(4)34)16-8-7-15-13(3)20(30)10-22-25(15)24(16)17-11-33-23(26(17)32-22)9-19-18(27(33)35)12-38-28(36)29(19,37)6-2/h5,9-10,16,21,37H,1,6-8,11-12H2,2-4H3,(H,31,34)/t16-,21-,29+/m1/s1. The van der Waals surface area contributed by atoms with Crippen LogP contribution in [0.2, 0.25) is 0 Å². The lowest BCUT2D eigenvalue weighted by atomic mass is 9.75. The monoisotopic (exact) mass is 517 g/mol. The number of cyclic esters (lactones) is 1. The van der Waals surface area contributed by atoms with E-state index in [4.69, 9.17) is 9.72 Å². The van der Waals surface area contributed by atoms with E-state index in [0.717, 1.165) is 22.1 Å². The van der Waals surface area contributed by atoms with Crippen LogP contribution in [0.4, 0.5) is 4.39 Å². The second kappa shape index (κ2) is 8.33. The highest BCUT2D eigenvalue weighted by Gasteiger charge is 2.46. The maximum absolute atomic E-state index is 15.0. The molecule has 9 heteroatoms. The van der Waals surface area contributed by atoms with Crippen molar-refractivity contribution in [1.29, 1.82) is 0 Å². The Morgan fingerprint density at radius 2 is 2.13 bits per heavy atom. The van der Waals surface area contributed by atoms with Crippen LogP contribution in [0.25, 0.3) is 22.3 Å².